The Morgan fingerprint density at radius 1 is 1.50 bits per heavy atom. The lowest BCUT2D eigenvalue weighted by Crippen LogP contribution is -2.18. The highest BCUT2D eigenvalue weighted by Crippen LogP contribution is 2.19. The molecule has 0 aromatic rings. The predicted molar refractivity (Wildman–Crippen MR) is 63.2 cm³/mol. The van der Waals surface area contributed by atoms with E-state index in [-0.39, 0.29) is 12.0 Å². The van der Waals surface area contributed by atoms with Crippen LogP contribution in [-0.4, -0.2) is 11.2 Å². The summed E-state index contributed by atoms with van der Waals surface area (Å²) in [6.07, 6.45) is 9.39. The van der Waals surface area contributed by atoms with E-state index in [1.165, 1.54) is 0 Å². The van der Waals surface area contributed by atoms with Gasteiger partial charge < -0.3 is 5.11 Å². The highest BCUT2D eigenvalue weighted by atomic mass is 16.3. The van der Waals surface area contributed by atoms with E-state index < -0.39 is 0 Å². The van der Waals surface area contributed by atoms with Gasteiger partial charge in [-0.15, -0.1) is 0 Å². The minimum absolute atomic E-state index is 0.170. The van der Waals surface area contributed by atoms with Gasteiger partial charge in [0.05, 0.1) is 6.10 Å². The lowest BCUT2D eigenvalue weighted by Gasteiger charge is -2.19. The van der Waals surface area contributed by atoms with Gasteiger partial charge in [0.15, 0.2) is 0 Å². The van der Waals surface area contributed by atoms with Gasteiger partial charge >= 0.3 is 0 Å². The van der Waals surface area contributed by atoms with Gasteiger partial charge in [0.25, 0.3) is 0 Å². The van der Waals surface area contributed by atoms with Gasteiger partial charge in [-0.05, 0) is 18.9 Å². The molecular formula is C13H22O. The zero-order chi connectivity index (χ0) is 11.0. The minimum atomic E-state index is -0.255. The zero-order valence-corrected chi connectivity index (χ0v) is 9.53. The first-order valence-corrected chi connectivity index (χ1v) is 5.30. The van der Waals surface area contributed by atoms with Crippen LogP contribution >= 0.6 is 0 Å². The molecule has 0 fully saturated rings. The SMILES string of the molecule is C=C/C(=C\C=C/C)C(C)C(O)CCC. The second-order valence-corrected chi connectivity index (χ2v) is 3.54. The summed E-state index contributed by atoms with van der Waals surface area (Å²) >= 11 is 0. The van der Waals surface area contributed by atoms with E-state index in [0.29, 0.717) is 0 Å². The molecule has 14 heavy (non-hydrogen) atoms. The zero-order valence-electron chi connectivity index (χ0n) is 9.53. The number of allylic oxidation sites excluding steroid dienone is 4. The van der Waals surface area contributed by atoms with Crippen LogP contribution in [0.4, 0.5) is 0 Å². The third-order valence-corrected chi connectivity index (χ3v) is 2.40. The quantitative estimate of drug-likeness (QED) is 0.642. The molecular weight excluding hydrogens is 172 g/mol. The van der Waals surface area contributed by atoms with Crippen LogP contribution in [0.3, 0.4) is 0 Å². The fourth-order valence-electron chi connectivity index (χ4n) is 1.38. The normalized spacial score (nSPS) is 17.0. The molecule has 0 aliphatic carbocycles. The van der Waals surface area contributed by atoms with Crippen molar-refractivity contribution in [1.29, 1.82) is 0 Å². The van der Waals surface area contributed by atoms with Crippen LogP contribution in [0.1, 0.15) is 33.6 Å². The number of hydrogen-bond donors (Lipinski definition) is 1. The third-order valence-electron chi connectivity index (χ3n) is 2.40. The van der Waals surface area contributed by atoms with E-state index in [4.69, 9.17) is 0 Å². The molecule has 0 aliphatic heterocycles. The fourth-order valence-corrected chi connectivity index (χ4v) is 1.38. The van der Waals surface area contributed by atoms with E-state index in [1.807, 2.05) is 38.2 Å². The molecule has 80 valence electrons. The van der Waals surface area contributed by atoms with Gasteiger partial charge in [0.2, 0.25) is 0 Å². The molecule has 0 bridgehead atoms. The first-order chi connectivity index (χ1) is 6.67. The summed E-state index contributed by atoms with van der Waals surface area (Å²) in [6.45, 7) is 9.86. The van der Waals surface area contributed by atoms with Crippen LogP contribution in [0.5, 0.6) is 0 Å². The van der Waals surface area contributed by atoms with Gasteiger partial charge in [0, 0.05) is 5.92 Å². The smallest absolute Gasteiger partial charge is 0.0606 e. The maximum Gasteiger partial charge on any atom is 0.0606 e. The van der Waals surface area contributed by atoms with Crippen LogP contribution in [0.2, 0.25) is 0 Å². The van der Waals surface area contributed by atoms with Crippen molar-refractivity contribution >= 4 is 0 Å². The number of aliphatic hydroxyl groups excluding tert-OH is 1. The van der Waals surface area contributed by atoms with Gasteiger partial charge in [0.1, 0.15) is 0 Å². The van der Waals surface area contributed by atoms with Crippen molar-refractivity contribution in [1.82, 2.24) is 0 Å². The molecule has 0 aromatic carbocycles. The van der Waals surface area contributed by atoms with Crippen molar-refractivity contribution in [2.24, 2.45) is 5.92 Å². The average Bonchev–Trinajstić information content (AvgIpc) is 2.19. The van der Waals surface area contributed by atoms with Crippen molar-refractivity contribution in [3.63, 3.8) is 0 Å². The van der Waals surface area contributed by atoms with Crippen LogP contribution < -0.4 is 0 Å². The Bertz CT molecular complexity index is 213. The van der Waals surface area contributed by atoms with Crippen molar-refractivity contribution in [2.75, 3.05) is 0 Å². The van der Waals surface area contributed by atoms with Gasteiger partial charge in [-0.25, -0.2) is 0 Å². The van der Waals surface area contributed by atoms with Crippen LogP contribution in [-0.2, 0) is 0 Å². The summed E-state index contributed by atoms with van der Waals surface area (Å²) < 4.78 is 0. The maximum absolute atomic E-state index is 9.81. The molecule has 2 atom stereocenters. The third kappa shape index (κ3) is 4.43. The molecule has 0 rings (SSSR count). The van der Waals surface area contributed by atoms with Crippen molar-refractivity contribution in [2.45, 2.75) is 39.7 Å². The summed E-state index contributed by atoms with van der Waals surface area (Å²) in [5.41, 5.74) is 1.10. The highest BCUT2D eigenvalue weighted by molar-refractivity contribution is 5.24. The Morgan fingerprint density at radius 2 is 2.14 bits per heavy atom. The second kappa shape index (κ2) is 7.57. The minimum Gasteiger partial charge on any atom is -0.393 e. The van der Waals surface area contributed by atoms with Crippen LogP contribution in [0, 0.1) is 5.92 Å². The molecule has 0 radical (unpaired) electrons. The van der Waals surface area contributed by atoms with Crippen molar-refractivity contribution in [3.05, 3.63) is 36.5 Å². The molecule has 0 heterocycles. The molecule has 0 spiro atoms. The molecule has 0 aromatic heterocycles. The number of rotatable bonds is 6. The summed E-state index contributed by atoms with van der Waals surface area (Å²) in [6, 6.07) is 0. The lowest BCUT2D eigenvalue weighted by atomic mass is 9.92. The lowest BCUT2D eigenvalue weighted by molar-refractivity contribution is 0.124. The second-order valence-electron chi connectivity index (χ2n) is 3.54. The summed E-state index contributed by atoms with van der Waals surface area (Å²) in [7, 11) is 0. The maximum atomic E-state index is 9.81. The molecule has 1 N–H and O–H groups in total. The number of aliphatic hydroxyl groups is 1. The molecule has 1 nitrogen and oxygen atoms in total. The summed E-state index contributed by atoms with van der Waals surface area (Å²) in [5, 5.41) is 9.81. The topological polar surface area (TPSA) is 20.2 Å². The van der Waals surface area contributed by atoms with E-state index in [9.17, 15) is 5.11 Å². The Hall–Kier alpha value is -0.820. The molecule has 0 aliphatic rings. The monoisotopic (exact) mass is 194 g/mol. The summed E-state index contributed by atoms with van der Waals surface area (Å²) in [4.78, 5) is 0. The predicted octanol–water partition coefficient (Wildman–Crippen LogP) is 3.47. The Morgan fingerprint density at radius 3 is 2.57 bits per heavy atom. The molecule has 2 unspecified atom stereocenters. The van der Waals surface area contributed by atoms with Gasteiger partial charge in [-0.2, -0.15) is 0 Å². The largest absolute Gasteiger partial charge is 0.393 e. The average molecular weight is 194 g/mol. The first-order valence-electron chi connectivity index (χ1n) is 5.30. The van der Waals surface area contributed by atoms with Crippen molar-refractivity contribution < 1.29 is 5.11 Å². The van der Waals surface area contributed by atoms with Gasteiger partial charge in [-0.3, -0.25) is 0 Å². The van der Waals surface area contributed by atoms with Crippen molar-refractivity contribution in [3.8, 4) is 0 Å². The molecule has 1 heteroatoms. The fraction of sp³-hybridized carbons (Fsp3) is 0.538. The van der Waals surface area contributed by atoms with E-state index in [2.05, 4.69) is 13.5 Å². The Kier molecular flexibility index (Phi) is 7.13. The van der Waals surface area contributed by atoms with Gasteiger partial charge in [-0.1, -0.05) is 51.2 Å². The number of hydrogen-bond acceptors (Lipinski definition) is 1. The highest BCUT2D eigenvalue weighted by Gasteiger charge is 2.14. The molecule has 0 amide bonds. The van der Waals surface area contributed by atoms with Crippen LogP contribution in [0.25, 0.3) is 0 Å². The molecule has 0 saturated carbocycles. The standard InChI is InChI=1S/C13H22O/c1-5-8-10-12(7-3)11(4)13(14)9-6-2/h5,7-8,10-11,13-14H,3,6,9H2,1-2,4H3/b8-5-,12-10+. The molecule has 0 saturated heterocycles. The van der Waals surface area contributed by atoms with E-state index in [1.54, 1.807) is 0 Å². The first kappa shape index (κ1) is 13.2. The summed E-state index contributed by atoms with van der Waals surface area (Å²) in [5.74, 6) is 0.170. The Balaban J connectivity index is 4.44. The van der Waals surface area contributed by atoms with Crippen LogP contribution in [0.15, 0.2) is 36.5 Å². The van der Waals surface area contributed by atoms with E-state index in [0.717, 1.165) is 18.4 Å². The van der Waals surface area contributed by atoms with E-state index >= 15 is 0 Å². The Labute approximate surface area is 87.8 Å².